The van der Waals surface area contributed by atoms with Crippen molar-refractivity contribution in [3.8, 4) is 0 Å². The van der Waals surface area contributed by atoms with E-state index in [2.05, 4.69) is 43.5 Å². The van der Waals surface area contributed by atoms with Crippen LogP contribution in [-0.2, 0) is 4.79 Å². The molecule has 0 aromatic heterocycles. The van der Waals surface area contributed by atoms with E-state index in [1.165, 1.54) is 96.3 Å². The predicted octanol–water partition coefficient (Wildman–Crippen LogP) is 9.26. The van der Waals surface area contributed by atoms with E-state index in [0.29, 0.717) is 6.42 Å². The van der Waals surface area contributed by atoms with Gasteiger partial charge in [0.1, 0.15) is 6.10 Å². The lowest BCUT2D eigenvalue weighted by Crippen LogP contribution is -2.48. The first kappa shape index (κ1) is 40.6. The lowest BCUT2D eigenvalue weighted by molar-refractivity contribution is -0.131. The first-order valence-electron chi connectivity index (χ1n) is 17.8. The fraction of sp³-hybridized carbons (Fsp3) is 0.811. The molecule has 1 amide bonds. The highest BCUT2D eigenvalue weighted by Crippen LogP contribution is 2.13. The average molecular weight is 592 g/mol. The molecular formula is C37H69NO4. The molecule has 0 rings (SSSR count). The number of hydrogen-bond acceptors (Lipinski definition) is 4. The maximum absolute atomic E-state index is 12.4. The number of carbonyl (C=O) groups excluding carboxylic acids is 1. The van der Waals surface area contributed by atoms with Gasteiger partial charge < -0.3 is 20.6 Å². The van der Waals surface area contributed by atoms with Gasteiger partial charge in [0, 0.05) is 0 Å². The van der Waals surface area contributed by atoms with Crippen LogP contribution in [0, 0.1) is 0 Å². The van der Waals surface area contributed by atoms with E-state index >= 15 is 0 Å². The zero-order valence-electron chi connectivity index (χ0n) is 27.6. The molecule has 0 radical (unpaired) electrons. The van der Waals surface area contributed by atoms with Gasteiger partial charge in [0.25, 0.3) is 0 Å². The number of nitrogens with one attached hydrogen (secondary N) is 1. The van der Waals surface area contributed by atoms with Crippen LogP contribution in [0.5, 0.6) is 0 Å². The molecule has 3 atom stereocenters. The van der Waals surface area contributed by atoms with Gasteiger partial charge in [-0.05, 0) is 44.9 Å². The van der Waals surface area contributed by atoms with E-state index in [1.54, 1.807) is 6.08 Å². The SMILES string of the molecule is CCCCC/C=C\C=C/CCCCCCCC(O)C(=O)NC(CO)C(O)/C=C/CCCCCCCCCCCCCC. The quantitative estimate of drug-likeness (QED) is 0.0367. The lowest BCUT2D eigenvalue weighted by atomic mass is 10.0. The molecule has 0 aromatic carbocycles. The number of carbonyl (C=O) groups is 1. The van der Waals surface area contributed by atoms with Crippen LogP contribution in [0.1, 0.15) is 168 Å². The highest BCUT2D eigenvalue weighted by Gasteiger charge is 2.22. The summed E-state index contributed by atoms with van der Waals surface area (Å²) in [5.74, 6) is -0.518. The van der Waals surface area contributed by atoms with Gasteiger partial charge in [-0.2, -0.15) is 0 Å². The molecule has 0 aliphatic carbocycles. The Hall–Kier alpha value is -1.43. The van der Waals surface area contributed by atoms with Crippen LogP contribution in [0.25, 0.3) is 0 Å². The van der Waals surface area contributed by atoms with Crippen molar-refractivity contribution in [1.29, 1.82) is 0 Å². The Kier molecular flexibility index (Phi) is 31.4. The largest absolute Gasteiger partial charge is 0.394 e. The molecule has 0 aliphatic rings. The number of rotatable bonds is 31. The van der Waals surface area contributed by atoms with Crippen molar-refractivity contribution < 1.29 is 20.1 Å². The third-order valence-electron chi connectivity index (χ3n) is 8.00. The summed E-state index contributed by atoms with van der Waals surface area (Å²) in [5.41, 5.74) is 0. The van der Waals surface area contributed by atoms with E-state index in [0.717, 1.165) is 51.4 Å². The molecule has 3 unspecified atom stereocenters. The van der Waals surface area contributed by atoms with Gasteiger partial charge in [0.2, 0.25) is 5.91 Å². The van der Waals surface area contributed by atoms with Crippen LogP contribution in [-0.4, -0.2) is 46.1 Å². The predicted molar refractivity (Wildman–Crippen MR) is 181 cm³/mol. The van der Waals surface area contributed by atoms with Gasteiger partial charge in [-0.3, -0.25) is 4.79 Å². The molecule has 0 aromatic rings. The number of aliphatic hydroxyl groups excluding tert-OH is 3. The standard InChI is InChI=1S/C37H69NO4/c1-3-5-7-9-11-13-15-17-19-21-23-25-27-29-31-35(40)34(33-39)38-37(42)36(41)32-30-28-26-24-22-20-18-16-14-12-10-8-6-4-2/h12,14,16,18,29,31,34-36,39-41H,3-11,13,15,17,19-28,30,32-33H2,1-2H3,(H,38,42)/b14-12-,18-16-,31-29+. The Morgan fingerprint density at radius 2 is 1.00 bits per heavy atom. The van der Waals surface area contributed by atoms with E-state index in [-0.39, 0.29) is 6.61 Å². The lowest BCUT2D eigenvalue weighted by Gasteiger charge is -2.21. The zero-order valence-corrected chi connectivity index (χ0v) is 27.6. The molecule has 0 fully saturated rings. The Labute approximate surface area is 260 Å². The van der Waals surface area contributed by atoms with Crippen LogP contribution < -0.4 is 5.32 Å². The zero-order chi connectivity index (χ0) is 30.9. The molecule has 0 saturated carbocycles. The number of aliphatic hydroxyl groups is 3. The van der Waals surface area contributed by atoms with Crippen molar-refractivity contribution in [1.82, 2.24) is 5.32 Å². The molecule has 246 valence electrons. The number of allylic oxidation sites excluding steroid dienone is 5. The minimum absolute atomic E-state index is 0.369. The molecular weight excluding hydrogens is 522 g/mol. The summed E-state index contributed by atoms with van der Waals surface area (Å²) in [6, 6.07) is -0.801. The molecule has 4 N–H and O–H groups in total. The van der Waals surface area contributed by atoms with Crippen molar-refractivity contribution in [3.05, 3.63) is 36.5 Å². The Morgan fingerprint density at radius 3 is 1.50 bits per heavy atom. The Morgan fingerprint density at radius 1 is 0.595 bits per heavy atom. The fourth-order valence-electron chi connectivity index (χ4n) is 5.11. The molecule has 0 bridgehead atoms. The maximum Gasteiger partial charge on any atom is 0.249 e. The van der Waals surface area contributed by atoms with Crippen molar-refractivity contribution in [2.75, 3.05) is 6.61 Å². The Bertz CT molecular complexity index is 660. The van der Waals surface area contributed by atoms with Crippen LogP contribution in [0.4, 0.5) is 0 Å². The second kappa shape index (κ2) is 32.5. The van der Waals surface area contributed by atoms with E-state index < -0.39 is 24.2 Å². The van der Waals surface area contributed by atoms with Crippen LogP contribution in [0.2, 0.25) is 0 Å². The Balaban J connectivity index is 3.81. The molecule has 5 nitrogen and oxygen atoms in total. The molecule has 0 heterocycles. The minimum Gasteiger partial charge on any atom is -0.394 e. The summed E-state index contributed by atoms with van der Waals surface area (Å²) in [6.07, 6.45) is 38.6. The van der Waals surface area contributed by atoms with Gasteiger partial charge >= 0.3 is 0 Å². The first-order chi connectivity index (χ1) is 20.6. The summed E-state index contributed by atoms with van der Waals surface area (Å²) in [5, 5.41) is 32.9. The van der Waals surface area contributed by atoms with E-state index in [4.69, 9.17) is 0 Å². The fourth-order valence-corrected chi connectivity index (χ4v) is 5.11. The summed E-state index contributed by atoms with van der Waals surface area (Å²) >= 11 is 0. The van der Waals surface area contributed by atoms with Crippen molar-refractivity contribution in [2.45, 2.75) is 186 Å². The van der Waals surface area contributed by atoms with E-state index in [1.807, 2.05) is 6.08 Å². The maximum atomic E-state index is 12.4. The molecule has 42 heavy (non-hydrogen) atoms. The van der Waals surface area contributed by atoms with Gasteiger partial charge in [0.05, 0.1) is 18.8 Å². The monoisotopic (exact) mass is 592 g/mol. The van der Waals surface area contributed by atoms with Crippen LogP contribution >= 0.6 is 0 Å². The van der Waals surface area contributed by atoms with Gasteiger partial charge in [0.15, 0.2) is 0 Å². The van der Waals surface area contributed by atoms with Crippen molar-refractivity contribution in [3.63, 3.8) is 0 Å². The number of unbranched alkanes of at least 4 members (excludes halogenated alkanes) is 20. The second-order valence-corrected chi connectivity index (χ2v) is 12.1. The summed E-state index contributed by atoms with van der Waals surface area (Å²) in [4.78, 5) is 12.4. The summed E-state index contributed by atoms with van der Waals surface area (Å²) < 4.78 is 0. The van der Waals surface area contributed by atoms with Crippen molar-refractivity contribution >= 4 is 5.91 Å². The third kappa shape index (κ3) is 27.4. The molecule has 0 spiro atoms. The average Bonchev–Trinajstić information content (AvgIpc) is 2.99. The summed E-state index contributed by atoms with van der Waals surface area (Å²) in [6.45, 7) is 4.12. The number of amides is 1. The molecule has 0 saturated heterocycles. The second-order valence-electron chi connectivity index (χ2n) is 12.1. The summed E-state index contributed by atoms with van der Waals surface area (Å²) in [7, 11) is 0. The van der Waals surface area contributed by atoms with Crippen LogP contribution in [0.3, 0.4) is 0 Å². The number of hydrogen-bond donors (Lipinski definition) is 4. The third-order valence-corrected chi connectivity index (χ3v) is 8.00. The normalized spacial score (nSPS) is 14.3. The minimum atomic E-state index is -1.11. The van der Waals surface area contributed by atoms with E-state index in [9.17, 15) is 20.1 Å². The van der Waals surface area contributed by atoms with Gasteiger partial charge in [-0.25, -0.2) is 0 Å². The molecule has 0 aliphatic heterocycles. The van der Waals surface area contributed by atoms with Crippen molar-refractivity contribution in [2.24, 2.45) is 0 Å². The highest BCUT2D eigenvalue weighted by molar-refractivity contribution is 5.80. The van der Waals surface area contributed by atoms with Gasteiger partial charge in [-0.15, -0.1) is 0 Å². The highest BCUT2D eigenvalue weighted by atomic mass is 16.3. The topological polar surface area (TPSA) is 89.8 Å². The first-order valence-corrected chi connectivity index (χ1v) is 17.8. The van der Waals surface area contributed by atoms with Crippen LogP contribution in [0.15, 0.2) is 36.5 Å². The smallest absolute Gasteiger partial charge is 0.249 e. The molecule has 5 heteroatoms. The van der Waals surface area contributed by atoms with Gasteiger partial charge in [-0.1, -0.05) is 159 Å².